The summed E-state index contributed by atoms with van der Waals surface area (Å²) >= 11 is 0. The van der Waals surface area contributed by atoms with Crippen LogP contribution in [0.2, 0.25) is 0 Å². The normalized spacial score (nSPS) is 11.4. The molecule has 16 heavy (non-hydrogen) atoms. The molecule has 1 aromatic rings. The van der Waals surface area contributed by atoms with Gasteiger partial charge in [-0.05, 0) is 30.5 Å². The Hall–Kier alpha value is -2.04. The number of carbonyl (C=O) groups is 1. The van der Waals surface area contributed by atoms with Gasteiger partial charge in [-0.2, -0.15) is 0 Å². The van der Waals surface area contributed by atoms with Crippen LogP contribution in [0.4, 0.5) is 0 Å². The Bertz CT molecular complexity index is 427. The number of aryl methyl sites for hydroxylation is 2. The number of hydrogen-bond acceptors (Lipinski definition) is 3. The Morgan fingerprint density at radius 2 is 2.19 bits per heavy atom. The van der Waals surface area contributed by atoms with Crippen molar-refractivity contribution in [3.05, 3.63) is 34.9 Å². The first-order valence-electron chi connectivity index (χ1n) is 4.84. The summed E-state index contributed by atoms with van der Waals surface area (Å²) in [4.78, 5) is 10.4. The average molecular weight is 222 g/mol. The van der Waals surface area contributed by atoms with Crippen LogP contribution >= 0.6 is 0 Å². The molecule has 0 radical (unpaired) electrons. The minimum Gasteiger partial charge on any atom is -0.481 e. The predicted octanol–water partition coefficient (Wildman–Crippen LogP) is 1.11. The first-order chi connectivity index (χ1) is 7.54. The lowest BCUT2D eigenvalue weighted by atomic mass is 10.0. The number of rotatable bonds is 4. The maximum absolute atomic E-state index is 10.4. The molecule has 4 N–H and O–H groups in total. The highest BCUT2D eigenvalue weighted by Gasteiger charge is 2.05. The maximum Gasteiger partial charge on any atom is 0.303 e. The number of carboxylic acid groups (broad SMARTS) is 1. The number of hydrogen-bond donors (Lipinski definition) is 3. The predicted molar refractivity (Wildman–Crippen MR) is 59.6 cm³/mol. The van der Waals surface area contributed by atoms with Crippen LogP contribution < -0.4 is 5.73 Å². The molecular formula is C11H14N2O3. The molecule has 5 heteroatoms. The fourth-order valence-corrected chi connectivity index (χ4v) is 1.44. The number of nitrogens with two attached hydrogens (primary N) is 1. The molecule has 0 fully saturated rings. The summed E-state index contributed by atoms with van der Waals surface area (Å²) < 4.78 is 0. The number of amidine groups is 1. The van der Waals surface area contributed by atoms with Crippen LogP contribution in [0.1, 0.15) is 23.1 Å². The molecule has 1 aromatic carbocycles. The van der Waals surface area contributed by atoms with E-state index in [1.807, 2.05) is 6.92 Å². The monoisotopic (exact) mass is 222 g/mol. The van der Waals surface area contributed by atoms with Crippen molar-refractivity contribution < 1.29 is 15.1 Å². The van der Waals surface area contributed by atoms with Crippen molar-refractivity contribution in [3.8, 4) is 0 Å². The van der Waals surface area contributed by atoms with Crippen LogP contribution in [0, 0.1) is 6.92 Å². The van der Waals surface area contributed by atoms with E-state index in [2.05, 4.69) is 5.16 Å². The van der Waals surface area contributed by atoms with Crippen molar-refractivity contribution in [2.24, 2.45) is 10.9 Å². The second-order valence-corrected chi connectivity index (χ2v) is 3.52. The minimum absolute atomic E-state index is 0.0490. The first kappa shape index (κ1) is 12.0. The largest absolute Gasteiger partial charge is 0.481 e. The molecule has 0 aliphatic rings. The molecule has 86 valence electrons. The fraction of sp³-hybridized carbons (Fsp3) is 0.273. The number of aliphatic carboxylic acids is 1. The van der Waals surface area contributed by atoms with Crippen molar-refractivity contribution in [1.82, 2.24) is 0 Å². The lowest BCUT2D eigenvalue weighted by Crippen LogP contribution is -2.13. The highest BCUT2D eigenvalue weighted by atomic mass is 16.4. The van der Waals surface area contributed by atoms with Gasteiger partial charge in [0, 0.05) is 12.0 Å². The Morgan fingerprint density at radius 3 is 2.69 bits per heavy atom. The van der Waals surface area contributed by atoms with Gasteiger partial charge in [0.25, 0.3) is 0 Å². The van der Waals surface area contributed by atoms with E-state index in [9.17, 15) is 4.79 Å². The van der Waals surface area contributed by atoms with Crippen LogP contribution in [0.3, 0.4) is 0 Å². The third-order valence-corrected chi connectivity index (χ3v) is 2.35. The molecule has 0 amide bonds. The Kier molecular flexibility index (Phi) is 3.88. The minimum atomic E-state index is -0.820. The second-order valence-electron chi connectivity index (χ2n) is 3.52. The van der Waals surface area contributed by atoms with E-state index in [4.69, 9.17) is 16.0 Å². The summed E-state index contributed by atoms with van der Waals surface area (Å²) in [5.74, 6) is -0.771. The summed E-state index contributed by atoms with van der Waals surface area (Å²) in [6, 6.07) is 5.27. The molecule has 0 unspecified atom stereocenters. The maximum atomic E-state index is 10.4. The van der Waals surface area contributed by atoms with Gasteiger partial charge in [0.2, 0.25) is 0 Å². The van der Waals surface area contributed by atoms with Gasteiger partial charge in [0.05, 0.1) is 0 Å². The Labute approximate surface area is 93.2 Å². The van der Waals surface area contributed by atoms with Gasteiger partial charge in [-0.15, -0.1) is 0 Å². The zero-order valence-electron chi connectivity index (χ0n) is 8.97. The summed E-state index contributed by atoms with van der Waals surface area (Å²) in [7, 11) is 0. The lowest BCUT2D eigenvalue weighted by Gasteiger charge is -2.06. The van der Waals surface area contributed by atoms with E-state index < -0.39 is 5.97 Å². The third kappa shape index (κ3) is 2.98. The zero-order chi connectivity index (χ0) is 12.1. The van der Waals surface area contributed by atoms with E-state index >= 15 is 0 Å². The van der Waals surface area contributed by atoms with Gasteiger partial charge in [0.15, 0.2) is 5.84 Å². The number of carboxylic acids is 1. The van der Waals surface area contributed by atoms with Crippen molar-refractivity contribution in [2.45, 2.75) is 19.8 Å². The van der Waals surface area contributed by atoms with Crippen LogP contribution in [-0.2, 0) is 11.2 Å². The third-order valence-electron chi connectivity index (χ3n) is 2.35. The van der Waals surface area contributed by atoms with E-state index in [1.165, 1.54) is 0 Å². The topological polar surface area (TPSA) is 95.9 Å². The van der Waals surface area contributed by atoms with Crippen molar-refractivity contribution in [1.29, 1.82) is 0 Å². The molecule has 0 atom stereocenters. The van der Waals surface area contributed by atoms with Gasteiger partial charge in [-0.1, -0.05) is 17.3 Å². The molecule has 0 bridgehead atoms. The first-order valence-corrected chi connectivity index (χ1v) is 4.84. The molecule has 0 spiro atoms. The number of nitrogens with zero attached hydrogens (tertiary/aromatic N) is 1. The van der Waals surface area contributed by atoms with Crippen LogP contribution in [0.25, 0.3) is 0 Å². The molecule has 0 saturated heterocycles. The van der Waals surface area contributed by atoms with E-state index in [0.717, 1.165) is 11.1 Å². The lowest BCUT2D eigenvalue weighted by molar-refractivity contribution is -0.136. The standard InChI is InChI=1S/C11H14N2O3/c1-7-6-9(11(12)13-16)3-2-8(7)4-5-10(14)15/h2-3,6,16H,4-5H2,1H3,(H2,12,13)(H,14,15). The Balaban J connectivity index is 2.87. The molecule has 5 nitrogen and oxygen atoms in total. The average Bonchev–Trinajstić information content (AvgIpc) is 2.26. The summed E-state index contributed by atoms with van der Waals surface area (Å²) in [6.07, 6.45) is 0.585. The summed E-state index contributed by atoms with van der Waals surface area (Å²) in [5.41, 5.74) is 7.96. The van der Waals surface area contributed by atoms with Crippen molar-refractivity contribution >= 4 is 11.8 Å². The van der Waals surface area contributed by atoms with Crippen LogP contribution in [-0.4, -0.2) is 22.1 Å². The molecule has 0 aliphatic heterocycles. The smallest absolute Gasteiger partial charge is 0.303 e. The molecule has 1 rings (SSSR count). The Morgan fingerprint density at radius 1 is 1.50 bits per heavy atom. The van der Waals surface area contributed by atoms with Gasteiger partial charge >= 0.3 is 5.97 Å². The fourth-order valence-electron chi connectivity index (χ4n) is 1.44. The molecular weight excluding hydrogens is 208 g/mol. The van der Waals surface area contributed by atoms with E-state index in [-0.39, 0.29) is 12.3 Å². The summed E-state index contributed by atoms with van der Waals surface area (Å²) in [5, 5.41) is 20.0. The highest BCUT2D eigenvalue weighted by molar-refractivity contribution is 5.97. The van der Waals surface area contributed by atoms with E-state index in [0.29, 0.717) is 12.0 Å². The zero-order valence-corrected chi connectivity index (χ0v) is 8.97. The van der Waals surface area contributed by atoms with Crippen molar-refractivity contribution in [3.63, 3.8) is 0 Å². The van der Waals surface area contributed by atoms with Gasteiger partial charge in [-0.25, -0.2) is 0 Å². The van der Waals surface area contributed by atoms with Gasteiger partial charge in [-0.3, -0.25) is 4.79 Å². The van der Waals surface area contributed by atoms with E-state index in [1.54, 1.807) is 18.2 Å². The molecule has 0 heterocycles. The summed E-state index contributed by atoms with van der Waals surface area (Å²) in [6.45, 7) is 1.87. The van der Waals surface area contributed by atoms with Gasteiger partial charge in [0.1, 0.15) is 0 Å². The second kappa shape index (κ2) is 5.16. The molecule has 0 saturated carbocycles. The SMILES string of the molecule is Cc1cc(/C(N)=N\O)ccc1CCC(=O)O. The van der Waals surface area contributed by atoms with Crippen LogP contribution in [0.15, 0.2) is 23.4 Å². The van der Waals surface area contributed by atoms with Crippen LogP contribution in [0.5, 0.6) is 0 Å². The van der Waals surface area contributed by atoms with Gasteiger partial charge < -0.3 is 16.0 Å². The quantitative estimate of drug-likeness (QED) is 0.307. The molecule has 0 aromatic heterocycles. The highest BCUT2D eigenvalue weighted by Crippen LogP contribution is 2.13. The van der Waals surface area contributed by atoms with Crippen molar-refractivity contribution in [2.75, 3.05) is 0 Å². The molecule has 0 aliphatic carbocycles. The number of benzene rings is 1. The number of oxime groups is 1.